The zero-order valence-electron chi connectivity index (χ0n) is 12.1. The predicted octanol–water partition coefficient (Wildman–Crippen LogP) is 3.32. The van der Waals surface area contributed by atoms with Crippen LogP contribution < -0.4 is 10.1 Å². The van der Waals surface area contributed by atoms with Gasteiger partial charge in [0.05, 0.1) is 12.8 Å². The highest BCUT2D eigenvalue weighted by molar-refractivity contribution is 7.80. The van der Waals surface area contributed by atoms with Crippen LogP contribution in [-0.2, 0) is 11.3 Å². The Labute approximate surface area is 133 Å². The highest BCUT2D eigenvalue weighted by Crippen LogP contribution is 2.14. The van der Waals surface area contributed by atoms with Crippen molar-refractivity contribution in [1.29, 1.82) is 0 Å². The Morgan fingerprint density at radius 2 is 2.09 bits per heavy atom. The second-order valence-corrected chi connectivity index (χ2v) is 4.76. The minimum Gasteiger partial charge on any atom is -0.471 e. The number of thiocarbonyl (C=S) groups is 1. The van der Waals surface area contributed by atoms with Crippen molar-refractivity contribution in [2.45, 2.75) is 20.0 Å². The molecule has 1 aromatic heterocycles. The third kappa shape index (κ3) is 4.92. The van der Waals surface area contributed by atoms with E-state index in [2.05, 4.69) is 15.3 Å². The highest BCUT2D eigenvalue weighted by Gasteiger charge is 2.10. The molecule has 0 saturated carbocycles. The maximum Gasteiger partial charge on any atom is 0.318 e. The van der Waals surface area contributed by atoms with Crippen molar-refractivity contribution >= 4 is 23.2 Å². The molecule has 1 heterocycles. The molecule has 2 aromatic rings. The Morgan fingerprint density at radius 3 is 2.82 bits per heavy atom. The summed E-state index contributed by atoms with van der Waals surface area (Å²) in [4.78, 5) is 7.74. The number of nitrogens with one attached hydrogen (secondary N) is 1. The van der Waals surface area contributed by atoms with Gasteiger partial charge in [0.1, 0.15) is 6.61 Å². The number of ether oxygens (including phenoxy) is 2. The molecule has 0 aliphatic rings. The fourth-order valence-electron chi connectivity index (χ4n) is 1.56. The maximum absolute atomic E-state index is 13.7. The molecule has 1 aromatic carbocycles. The maximum atomic E-state index is 13.7. The zero-order valence-corrected chi connectivity index (χ0v) is 12.9. The average molecular weight is 321 g/mol. The van der Waals surface area contributed by atoms with E-state index in [0.29, 0.717) is 13.2 Å². The molecule has 0 bridgehead atoms. The van der Waals surface area contributed by atoms with Crippen LogP contribution in [0.1, 0.15) is 18.9 Å². The first-order valence-corrected chi connectivity index (χ1v) is 7.23. The molecule has 1 N–H and O–H groups in total. The summed E-state index contributed by atoms with van der Waals surface area (Å²) in [5.74, 6) is -0.700. The van der Waals surface area contributed by atoms with Crippen molar-refractivity contribution < 1.29 is 13.9 Å². The molecule has 7 heteroatoms. The number of anilines is 1. The number of benzene rings is 1. The first-order valence-electron chi connectivity index (χ1n) is 6.82. The monoisotopic (exact) mass is 321 g/mol. The molecule has 0 unspecified atom stereocenters. The van der Waals surface area contributed by atoms with Gasteiger partial charge in [0.25, 0.3) is 5.17 Å². The Kier molecular flexibility index (Phi) is 6.02. The number of nitrogens with zero attached hydrogens (tertiary/aromatic N) is 2. The van der Waals surface area contributed by atoms with Gasteiger partial charge in [-0.15, -0.1) is 0 Å². The molecule has 0 atom stereocenters. The van der Waals surface area contributed by atoms with E-state index < -0.39 is 5.82 Å². The first kappa shape index (κ1) is 16.1. The lowest BCUT2D eigenvalue weighted by Crippen LogP contribution is -2.16. The molecule has 5 nitrogen and oxygen atoms in total. The zero-order chi connectivity index (χ0) is 15.8. The largest absolute Gasteiger partial charge is 0.471 e. The van der Waals surface area contributed by atoms with E-state index in [1.54, 1.807) is 0 Å². The summed E-state index contributed by atoms with van der Waals surface area (Å²) in [7, 11) is 0. The summed E-state index contributed by atoms with van der Waals surface area (Å²) >= 11 is 4.94. The standard InChI is InChI=1S/C15H16FN3O2S/c1-2-8-20-15(22)19-13-12(16)9-17-14(18-13)21-10-11-6-4-3-5-7-11/h3-7,9H,2,8,10H2,1H3,(H,17,18,19,22). The molecular weight excluding hydrogens is 305 g/mol. The lowest BCUT2D eigenvalue weighted by Gasteiger charge is -2.10. The van der Waals surface area contributed by atoms with Gasteiger partial charge in [0.2, 0.25) is 0 Å². The smallest absolute Gasteiger partial charge is 0.318 e. The SMILES string of the molecule is CCCOC(=S)Nc1nc(OCc2ccccc2)ncc1F. The summed E-state index contributed by atoms with van der Waals surface area (Å²) in [6, 6.07) is 9.61. The van der Waals surface area contributed by atoms with Gasteiger partial charge in [0.15, 0.2) is 11.6 Å². The molecule has 0 aliphatic heterocycles. The van der Waals surface area contributed by atoms with Gasteiger partial charge in [-0.25, -0.2) is 9.37 Å². The third-order valence-corrected chi connectivity index (χ3v) is 2.81. The topological polar surface area (TPSA) is 56.3 Å². The quantitative estimate of drug-likeness (QED) is 0.824. The minimum absolute atomic E-state index is 0.0612. The number of hydrogen-bond donors (Lipinski definition) is 1. The second kappa shape index (κ2) is 8.23. The average Bonchev–Trinajstić information content (AvgIpc) is 2.54. The van der Waals surface area contributed by atoms with Crippen molar-refractivity contribution in [2.75, 3.05) is 11.9 Å². The van der Waals surface area contributed by atoms with Crippen molar-refractivity contribution in [1.82, 2.24) is 9.97 Å². The normalized spacial score (nSPS) is 10.1. The molecule has 2 rings (SSSR count). The number of halogens is 1. The minimum atomic E-state index is -0.630. The fraction of sp³-hybridized carbons (Fsp3) is 0.267. The van der Waals surface area contributed by atoms with Gasteiger partial charge in [-0.2, -0.15) is 4.98 Å². The van der Waals surface area contributed by atoms with E-state index in [0.717, 1.165) is 18.2 Å². The van der Waals surface area contributed by atoms with Gasteiger partial charge >= 0.3 is 6.01 Å². The van der Waals surface area contributed by atoms with Crippen molar-refractivity contribution in [3.63, 3.8) is 0 Å². The van der Waals surface area contributed by atoms with Crippen LogP contribution in [-0.4, -0.2) is 21.7 Å². The molecule has 0 amide bonds. The van der Waals surface area contributed by atoms with Gasteiger partial charge < -0.3 is 9.47 Å². The van der Waals surface area contributed by atoms with E-state index >= 15 is 0 Å². The lowest BCUT2D eigenvalue weighted by molar-refractivity contribution is 0.279. The number of aromatic nitrogens is 2. The van der Waals surface area contributed by atoms with Crippen LogP contribution in [0.25, 0.3) is 0 Å². The van der Waals surface area contributed by atoms with E-state index in [-0.39, 0.29) is 17.0 Å². The van der Waals surface area contributed by atoms with Crippen molar-refractivity contribution in [2.24, 2.45) is 0 Å². The van der Waals surface area contributed by atoms with Crippen LogP contribution >= 0.6 is 12.2 Å². The van der Waals surface area contributed by atoms with Crippen LogP contribution in [0.2, 0.25) is 0 Å². The van der Waals surface area contributed by atoms with Crippen LogP contribution in [0.4, 0.5) is 10.2 Å². The Morgan fingerprint density at radius 1 is 1.32 bits per heavy atom. The molecule has 0 aliphatic carbocycles. The number of hydrogen-bond acceptors (Lipinski definition) is 5. The lowest BCUT2D eigenvalue weighted by atomic mass is 10.2. The number of rotatable bonds is 6. The Bertz CT molecular complexity index is 625. The Balaban J connectivity index is 1.98. The molecule has 0 fully saturated rings. The fourth-order valence-corrected chi connectivity index (χ4v) is 1.74. The van der Waals surface area contributed by atoms with Crippen molar-refractivity contribution in [3.8, 4) is 6.01 Å². The molecule has 0 spiro atoms. The van der Waals surface area contributed by atoms with Crippen LogP contribution in [0.15, 0.2) is 36.5 Å². The molecule has 116 valence electrons. The summed E-state index contributed by atoms with van der Waals surface area (Å²) in [5.41, 5.74) is 0.965. The summed E-state index contributed by atoms with van der Waals surface area (Å²) in [6.07, 6.45) is 1.83. The van der Waals surface area contributed by atoms with Gasteiger partial charge in [-0.1, -0.05) is 37.3 Å². The van der Waals surface area contributed by atoms with Gasteiger partial charge in [-0.3, -0.25) is 5.32 Å². The third-order valence-electron chi connectivity index (χ3n) is 2.59. The first-order chi connectivity index (χ1) is 10.7. The highest BCUT2D eigenvalue weighted by atomic mass is 32.1. The summed E-state index contributed by atoms with van der Waals surface area (Å²) in [5, 5.41) is 2.65. The van der Waals surface area contributed by atoms with Crippen LogP contribution in [0, 0.1) is 5.82 Å². The van der Waals surface area contributed by atoms with E-state index in [4.69, 9.17) is 21.7 Å². The molecule has 0 radical (unpaired) electrons. The molecule has 0 saturated heterocycles. The molecule has 22 heavy (non-hydrogen) atoms. The van der Waals surface area contributed by atoms with Gasteiger partial charge in [-0.05, 0) is 24.2 Å². The van der Waals surface area contributed by atoms with Crippen LogP contribution in [0.3, 0.4) is 0 Å². The summed E-state index contributed by atoms with van der Waals surface area (Å²) in [6.45, 7) is 2.70. The van der Waals surface area contributed by atoms with E-state index in [9.17, 15) is 4.39 Å². The summed E-state index contributed by atoms with van der Waals surface area (Å²) < 4.78 is 24.3. The molecular formula is C15H16FN3O2S. The van der Waals surface area contributed by atoms with Gasteiger partial charge in [0, 0.05) is 0 Å². The van der Waals surface area contributed by atoms with Crippen molar-refractivity contribution in [3.05, 3.63) is 47.9 Å². The van der Waals surface area contributed by atoms with E-state index in [1.165, 1.54) is 0 Å². The van der Waals surface area contributed by atoms with Crippen LogP contribution in [0.5, 0.6) is 6.01 Å². The predicted molar refractivity (Wildman–Crippen MR) is 85.2 cm³/mol. The Hall–Kier alpha value is -2.28. The van der Waals surface area contributed by atoms with E-state index in [1.807, 2.05) is 37.3 Å². The second-order valence-electron chi connectivity index (χ2n) is 4.38.